The highest BCUT2D eigenvalue weighted by Gasteiger charge is 2.23. The topological polar surface area (TPSA) is 60.9 Å². The van der Waals surface area contributed by atoms with Crippen LogP contribution >= 0.6 is 0 Å². The summed E-state index contributed by atoms with van der Waals surface area (Å²) in [6.07, 6.45) is 2.91. The zero-order chi connectivity index (χ0) is 12.8. The van der Waals surface area contributed by atoms with Crippen molar-refractivity contribution in [1.82, 2.24) is 9.80 Å². The highest BCUT2D eigenvalue weighted by atomic mass is 16.4. The number of hydrogen-bond acceptors (Lipinski definition) is 3. The van der Waals surface area contributed by atoms with Gasteiger partial charge in [0.25, 0.3) is 0 Å². The Hall–Kier alpha value is -1.10. The van der Waals surface area contributed by atoms with Crippen molar-refractivity contribution >= 4 is 11.9 Å². The number of nitrogens with zero attached hydrogens (tertiary/aromatic N) is 2. The van der Waals surface area contributed by atoms with E-state index in [-0.39, 0.29) is 12.3 Å². The van der Waals surface area contributed by atoms with Crippen LogP contribution in [0.25, 0.3) is 0 Å². The molecule has 0 aliphatic carbocycles. The number of carboxylic acid groups (broad SMARTS) is 1. The molecule has 1 rings (SSSR count). The SMILES string of the molecule is CN(C)C1CCN(C(=O)CCCC(=O)O)CC1. The first-order valence-electron chi connectivity index (χ1n) is 6.16. The molecule has 1 heterocycles. The van der Waals surface area contributed by atoms with E-state index in [0.717, 1.165) is 25.9 Å². The van der Waals surface area contributed by atoms with Gasteiger partial charge in [0.15, 0.2) is 0 Å². The Balaban J connectivity index is 2.24. The fourth-order valence-corrected chi connectivity index (χ4v) is 2.18. The lowest BCUT2D eigenvalue weighted by Gasteiger charge is -2.35. The maximum atomic E-state index is 11.8. The third-order valence-electron chi connectivity index (χ3n) is 3.33. The molecule has 1 amide bonds. The minimum absolute atomic E-state index is 0.0832. The largest absolute Gasteiger partial charge is 0.481 e. The van der Waals surface area contributed by atoms with E-state index in [1.54, 1.807) is 0 Å². The molecule has 0 aromatic rings. The molecule has 5 heteroatoms. The van der Waals surface area contributed by atoms with Gasteiger partial charge in [0.05, 0.1) is 0 Å². The number of carbonyl (C=O) groups is 2. The fourth-order valence-electron chi connectivity index (χ4n) is 2.18. The van der Waals surface area contributed by atoms with Crippen molar-refractivity contribution in [2.24, 2.45) is 0 Å². The molecule has 0 aromatic heterocycles. The first kappa shape index (κ1) is 14.0. The Kier molecular flexibility index (Phi) is 5.41. The van der Waals surface area contributed by atoms with Gasteiger partial charge in [-0.15, -0.1) is 0 Å². The van der Waals surface area contributed by atoms with Gasteiger partial charge in [0.2, 0.25) is 5.91 Å². The second kappa shape index (κ2) is 6.59. The summed E-state index contributed by atoms with van der Waals surface area (Å²) < 4.78 is 0. The molecule has 0 unspecified atom stereocenters. The van der Waals surface area contributed by atoms with Crippen LogP contribution in [0.3, 0.4) is 0 Å². The molecule has 17 heavy (non-hydrogen) atoms. The maximum absolute atomic E-state index is 11.8. The van der Waals surface area contributed by atoms with Gasteiger partial charge in [-0.1, -0.05) is 0 Å². The lowest BCUT2D eigenvalue weighted by Crippen LogP contribution is -2.44. The summed E-state index contributed by atoms with van der Waals surface area (Å²) in [5.74, 6) is -0.729. The lowest BCUT2D eigenvalue weighted by molar-refractivity contribution is -0.137. The molecule has 5 nitrogen and oxygen atoms in total. The van der Waals surface area contributed by atoms with Gasteiger partial charge >= 0.3 is 5.97 Å². The average Bonchev–Trinajstić information content (AvgIpc) is 2.28. The second-order valence-corrected chi connectivity index (χ2v) is 4.82. The highest BCUT2D eigenvalue weighted by Crippen LogP contribution is 2.15. The van der Waals surface area contributed by atoms with Crippen LogP contribution in [0.4, 0.5) is 0 Å². The van der Waals surface area contributed by atoms with Gasteiger partial charge in [-0.2, -0.15) is 0 Å². The summed E-state index contributed by atoms with van der Waals surface area (Å²) in [6.45, 7) is 1.60. The third kappa shape index (κ3) is 4.73. The molecule has 0 saturated carbocycles. The normalized spacial score (nSPS) is 17.5. The van der Waals surface area contributed by atoms with Crippen molar-refractivity contribution in [3.8, 4) is 0 Å². The second-order valence-electron chi connectivity index (χ2n) is 4.82. The van der Waals surface area contributed by atoms with E-state index < -0.39 is 5.97 Å². The third-order valence-corrected chi connectivity index (χ3v) is 3.33. The van der Waals surface area contributed by atoms with Crippen molar-refractivity contribution in [1.29, 1.82) is 0 Å². The van der Waals surface area contributed by atoms with Crippen LogP contribution in [0.15, 0.2) is 0 Å². The van der Waals surface area contributed by atoms with E-state index in [0.29, 0.717) is 18.9 Å². The van der Waals surface area contributed by atoms with Crippen molar-refractivity contribution in [2.45, 2.75) is 38.1 Å². The summed E-state index contributed by atoms with van der Waals surface area (Å²) in [5.41, 5.74) is 0. The molecule has 0 atom stereocenters. The molecule has 1 aliphatic heterocycles. The molecule has 0 radical (unpaired) electrons. The van der Waals surface area contributed by atoms with Crippen LogP contribution < -0.4 is 0 Å². The Labute approximate surface area is 102 Å². The van der Waals surface area contributed by atoms with Gasteiger partial charge in [-0.3, -0.25) is 9.59 Å². The van der Waals surface area contributed by atoms with Crippen LogP contribution in [0.2, 0.25) is 0 Å². The summed E-state index contributed by atoms with van der Waals surface area (Å²) >= 11 is 0. The zero-order valence-electron chi connectivity index (χ0n) is 10.7. The average molecular weight is 242 g/mol. The minimum Gasteiger partial charge on any atom is -0.481 e. The number of rotatable bonds is 5. The predicted molar refractivity (Wildman–Crippen MR) is 64.8 cm³/mol. The molecule has 1 aliphatic rings. The van der Waals surface area contributed by atoms with Crippen LogP contribution in [0, 0.1) is 0 Å². The lowest BCUT2D eigenvalue weighted by atomic mass is 10.0. The smallest absolute Gasteiger partial charge is 0.303 e. The van der Waals surface area contributed by atoms with E-state index in [4.69, 9.17) is 5.11 Å². The minimum atomic E-state index is -0.830. The van der Waals surface area contributed by atoms with Gasteiger partial charge in [-0.05, 0) is 33.4 Å². The quantitative estimate of drug-likeness (QED) is 0.774. The van der Waals surface area contributed by atoms with Crippen LogP contribution in [-0.4, -0.2) is 60.0 Å². The molecule has 98 valence electrons. The first-order valence-corrected chi connectivity index (χ1v) is 6.16. The number of carbonyl (C=O) groups excluding carboxylic acids is 1. The summed E-state index contributed by atoms with van der Waals surface area (Å²) in [7, 11) is 4.13. The summed E-state index contributed by atoms with van der Waals surface area (Å²) in [6, 6.07) is 0.568. The molecule has 1 N–H and O–H groups in total. The van der Waals surface area contributed by atoms with Gasteiger partial charge in [-0.25, -0.2) is 0 Å². The Morgan fingerprint density at radius 3 is 2.29 bits per heavy atom. The molecule has 0 bridgehead atoms. The summed E-state index contributed by atoms with van der Waals surface area (Å²) in [5, 5.41) is 8.50. The number of carboxylic acids is 1. The number of hydrogen-bond donors (Lipinski definition) is 1. The molecule has 1 saturated heterocycles. The predicted octanol–water partition coefficient (Wildman–Crippen LogP) is 0.794. The molecular weight excluding hydrogens is 220 g/mol. The molecule has 0 aromatic carbocycles. The van der Waals surface area contributed by atoms with Crippen molar-refractivity contribution in [2.75, 3.05) is 27.2 Å². The summed E-state index contributed by atoms with van der Waals surface area (Å²) in [4.78, 5) is 26.2. The van der Waals surface area contributed by atoms with Crippen molar-refractivity contribution < 1.29 is 14.7 Å². The number of piperidine rings is 1. The number of likely N-dealkylation sites (tertiary alicyclic amines) is 1. The van der Waals surface area contributed by atoms with Gasteiger partial charge < -0.3 is 14.9 Å². The standard InChI is InChI=1S/C12H22N2O3/c1-13(2)10-6-8-14(9-7-10)11(15)4-3-5-12(16)17/h10H,3-9H2,1-2H3,(H,16,17). The Morgan fingerprint density at radius 1 is 1.24 bits per heavy atom. The van der Waals surface area contributed by atoms with Crippen molar-refractivity contribution in [3.05, 3.63) is 0 Å². The van der Waals surface area contributed by atoms with Crippen LogP contribution in [0.1, 0.15) is 32.1 Å². The fraction of sp³-hybridized carbons (Fsp3) is 0.833. The number of amides is 1. The van der Waals surface area contributed by atoms with Gasteiger partial charge in [0.1, 0.15) is 0 Å². The van der Waals surface area contributed by atoms with E-state index in [9.17, 15) is 9.59 Å². The Morgan fingerprint density at radius 2 is 1.82 bits per heavy atom. The zero-order valence-corrected chi connectivity index (χ0v) is 10.7. The van der Waals surface area contributed by atoms with E-state index >= 15 is 0 Å². The van der Waals surface area contributed by atoms with E-state index in [1.807, 2.05) is 4.90 Å². The molecule has 1 fully saturated rings. The Bertz CT molecular complexity index is 271. The first-order chi connectivity index (χ1) is 8.00. The van der Waals surface area contributed by atoms with E-state index in [1.165, 1.54) is 0 Å². The van der Waals surface area contributed by atoms with Crippen LogP contribution in [0.5, 0.6) is 0 Å². The van der Waals surface area contributed by atoms with Crippen LogP contribution in [-0.2, 0) is 9.59 Å². The number of aliphatic carboxylic acids is 1. The van der Waals surface area contributed by atoms with Crippen molar-refractivity contribution in [3.63, 3.8) is 0 Å². The van der Waals surface area contributed by atoms with Gasteiger partial charge in [0, 0.05) is 32.0 Å². The monoisotopic (exact) mass is 242 g/mol. The highest BCUT2D eigenvalue weighted by molar-refractivity contribution is 5.77. The van der Waals surface area contributed by atoms with E-state index in [2.05, 4.69) is 19.0 Å². The molecule has 0 spiro atoms. The molecular formula is C12H22N2O3. The maximum Gasteiger partial charge on any atom is 0.303 e.